The first-order chi connectivity index (χ1) is 9.58. The van der Waals surface area contributed by atoms with Crippen molar-refractivity contribution in [2.45, 2.75) is 52.1 Å². The first-order valence-electron chi connectivity index (χ1n) is 8.25. The van der Waals surface area contributed by atoms with Crippen LogP contribution in [0, 0.1) is 17.3 Å². The summed E-state index contributed by atoms with van der Waals surface area (Å²) in [4.78, 5) is 7.00. The van der Waals surface area contributed by atoms with Crippen molar-refractivity contribution in [2.75, 3.05) is 26.2 Å². The molecule has 21 heavy (non-hydrogen) atoms. The van der Waals surface area contributed by atoms with Gasteiger partial charge in [-0.3, -0.25) is 4.99 Å². The van der Waals surface area contributed by atoms with Crippen molar-refractivity contribution in [3.8, 4) is 0 Å². The summed E-state index contributed by atoms with van der Waals surface area (Å²) in [6, 6.07) is 0. The van der Waals surface area contributed by atoms with E-state index in [1.54, 1.807) is 0 Å². The Kier molecular flexibility index (Phi) is 5.79. The maximum atomic E-state index is 6.22. The van der Waals surface area contributed by atoms with Crippen LogP contribution in [0.3, 0.4) is 0 Å². The SMILES string of the molecule is CC1CCCN(C(N)=NCC2(C)CCOC2C2CC2)C1.I. The van der Waals surface area contributed by atoms with Gasteiger partial charge in [-0.05, 0) is 43.9 Å². The first-order valence-corrected chi connectivity index (χ1v) is 8.25. The molecule has 0 amide bonds. The number of rotatable bonds is 3. The van der Waals surface area contributed by atoms with Crippen molar-refractivity contribution >= 4 is 29.9 Å². The Morgan fingerprint density at radius 2 is 2.14 bits per heavy atom. The predicted octanol–water partition coefficient (Wildman–Crippen LogP) is 2.86. The molecule has 1 saturated carbocycles. The van der Waals surface area contributed by atoms with E-state index in [1.165, 1.54) is 25.7 Å². The van der Waals surface area contributed by atoms with E-state index in [-0.39, 0.29) is 29.4 Å². The highest BCUT2D eigenvalue weighted by molar-refractivity contribution is 14.0. The van der Waals surface area contributed by atoms with Gasteiger partial charge in [0.15, 0.2) is 5.96 Å². The molecule has 0 aromatic heterocycles. The van der Waals surface area contributed by atoms with E-state index in [0.717, 1.165) is 50.5 Å². The van der Waals surface area contributed by atoms with Gasteiger partial charge < -0.3 is 15.4 Å². The standard InChI is InChI=1S/C16H29N3O.HI/c1-12-4-3-8-19(10-12)15(17)18-11-16(2)7-9-20-14(16)13-5-6-13;/h12-14H,3-11H2,1-2H3,(H2,17,18);1H. The molecule has 0 aromatic rings. The molecule has 3 atom stereocenters. The average Bonchev–Trinajstić information content (AvgIpc) is 3.20. The van der Waals surface area contributed by atoms with Gasteiger partial charge >= 0.3 is 0 Å². The lowest BCUT2D eigenvalue weighted by Crippen LogP contribution is -2.44. The zero-order valence-electron chi connectivity index (χ0n) is 13.4. The number of ether oxygens (including phenoxy) is 1. The van der Waals surface area contributed by atoms with Gasteiger partial charge in [0.2, 0.25) is 0 Å². The molecule has 0 bridgehead atoms. The molecule has 4 nitrogen and oxygen atoms in total. The largest absolute Gasteiger partial charge is 0.377 e. The van der Waals surface area contributed by atoms with E-state index >= 15 is 0 Å². The number of halogens is 1. The number of hydrogen-bond acceptors (Lipinski definition) is 2. The van der Waals surface area contributed by atoms with Crippen LogP contribution >= 0.6 is 24.0 Å². The Morgan fingerprint density at radius 1 is 1.38 bits per heavy atom. The second-order valence-electron chi connectivity index (χ2n) is 7.40. The Labute approximate surface area is 145 Å². The molecule has 2 N–H and O–H groups in total. The Hall–Kier alpha value is -0.0400. The summed E-state index contributed by atoms with van der Waals surface area (Å²) in [5.41, 5.74) is 6.42. The van der Waals surface area contributed by atoms with Crippen molar-refractivity contribution in [2.24, 2.45) is 28.0 Å². The third kappa shape index (κ3) is 4.03. The maximum Gasteiger partial charge on any atom is 0.191 e. The van der Waals surface area contributed by atoms with Crippen LogP contribution in [0.15, 0.2) is 4.99 Å². The number of aliphatic imine (C=N–C) groups is 1. The van der Waals surface area contributed by atoms with Gasteiger partial charge in [0.25, 0.3) is 0 Å². The molecule has 2 saturated heterocycles. The lowest BCUT2D eigenvalue weighted by Gasteiger charge is -2.33. The molecule has 2 aliphatic heterocycles. The first kappa shape index (κ1) is 17.3. The van der Waals surface area contributed by atoms with E-state index in [0.29, 0.717) is 6.10 Å². The topological polar surface area (TPSA) is 50.8 Å². The number of likely N-dealkylation sites (tertiary alicyclic amines) is 1. The van der Waals surface area contributed by atoms with E-state index < -0.39 is 0 Å². The average molecular weight is 407 g/mol. The Morgan fingerprint density at radius 3 is 2.81 bits per heavy atom. The maximum absolute atomic E-state index is 6.22. The minimum Gasteiger partial charge on any atom is -0.377 e. The second-order valence-corrected chi connectivity index (χ2v) is 7.40. The van der Waals surface area contributed by atoms with Crippen molar-refractivity contribution in [1.29, 1.82) is 0 Å². The molecule has 0 spiro atoms. The summed E-state index contributed by atoms with van der Waals surface area (Å²) in [7, 11) is 0. The van der Waals surface area contributed by atoms with E-state index in [4.69, 9.17) is 15.5 Å². The summed E-state index contributed by atoms with van der Waals surface area (Å²) in [6.07, 6.45) is 6.77. The monoisotopic (exact) mass is 407 g/mol. The third-order valence-electron chi connectivity index (χ3n) is 5.29. The number of guanidine groups is 1. The van der Waals surface area contributed by atoms with Gasteiger partial charge in [-0.2, -0.15) is 0 Å². The van der Waals surface area contributed by atoms with Crippen LogP contribution in [0.4, 0.5) is 0 Å². The summed E-state index contributed by atoms with van der Waals surface area (Å²) >= 11 is 0. The van der Waals surface area contributed by atoms with Crippen LogP contribution in [-0.4, -0.2) is 43.2 Å². The molecule has 5 heteroatoms. The van der Waals surface area contributed by atoms with Gasteiger partial charge in [-0.1, -0.05) is 13.8 Å². The van der Waals surface area contributed by atoms with Crippen molar-refractivity contribution in [3.05, 3.63) is 0 Å². The summed E-state index contributed by atoms with van der Waals surface area (Å²) < 4.78 is 5.96. The van der Waals surface area contributed by atoms with Crippen LogP contribution in [-0.2, 0) is 4.74 Å². The molecular formula is C16H30IN3O. The Balaban J connectivity index is 0.00000161. The number of piperidine rings is 1. The molecule has 2 heterocycles. The van der Waals surface area contributed by atoms with Gasteiger partial charge in [0, 0.05) is 25.1 Å². The highest BCUT2D eigenvalue weighted by Crippen LogP contribution is 2.47. The van der Waals surface area contributed by atoms with Crippen molar-refractivity contribution in [3.63, 3.8) is 0 Å². The van der Waals surface area contributed by atoms with Gasteiger partial charge in [0.05, 0.1) is 12.6 Å². The van der Waals surface area contributed by atoms with E-state index in [9.17, 15) is 0 Å². The molecule has 0 aromatic carbocycles. The molecule has 3 aliphatic rings. The second kappa shape index (κ2) is 7.02. The number of nitrogens with two attached hydrogens (primary N) is 1. The third-order valence-corrected chi connectivity index (χ3v) is 5.29. The fraction of sp³-hybridized carbons (Fsp3) is 0.938. The Bertz CT molecular complexity index is 386. The van der Waals surface area contributed by atoms with Crippen LogP contribution in [0.1, 0.15) is 46.0 Å². The molecular weight excluding hydrogens is 377 g/mol. The lowest BCUT2D eigenvalue weighted by molar-refractivity contribution is 0.0423. The molecule has 3 fully saturated rings. The summed E-state index contributed by atoms with van der Waals surface area (Å²) in [5.74, 6) is 2.27. The predicted molar refractivity (Wildman–Crippen MR) is 97.1 cm³/mol. The van der Waals surface area contributed by atoms with Crippen LogP contribution in [0.2, 0.25) is 0 Å². The highest BCUT2D eigenvalue weighted by Gasteiger charge is 2.48. The van der Waals surface area contributed by atoms with Gasteiger partial charge in [-0.15, -0.1) is 24.0 Å². The smallest absolute Gasteiger partial charge is 0.191 e. The zero-order valence-corrected chi connectivity index (χ0v) is 15.7. The molecule has 122 valence electrons. The van der Waals surface area contributed by atoms with Crippen LogP contribution < -0.4 is 5.73 Å². The summed E-state index contributed by atoms with van der Waals surface area (Å²) in [5, 5.41) is 0. The number of nitrogens with zero attached hydrogens (tertiary/aromatic N) is 2. The molecule has 0 radical (unpaired) electrons. The normalized spacial score (nSPS) is 37.4. The van der Waals surface area contributed by atoms with Gasteiger partial charge in [0.1, 0.15) is 0 Å². The van der Waals surface area contributed by atoms with Crippen molar-refractivity contribution in [1.82, 2.24) is 4.90 Å². The fourth-order valence-corrected chi connectivity index (χ4v) is 3.79. The van der Waals surface area contributed by atoms with E-state index in [1.807, 2.05) is 0 Å². The minimum absolute atomic E-state index is 0. The van der Waals surface area contributed by atoms with Gasteiger partial charge in [-0.25, -0.2) is 0 Å². The minimum atomic E-state index is 0. The zero-order chi connectivity index (χ0) is 14.2. The highest BCUT2D eigenvalue weighted by atomic mass is 127. The fourth-order valence-electron chi connectivity index (χ4n) is 3.79. The quantitative estimate of drug-likeness (QED) is 0.445. The van der Waals surface area contributed by atoms with Crippen LogP contribution in [0.25, 0.3) is 0 Å². The number of hydrogen-bond donors (Lipinski definition) is 1. The lowest BCUT2D eigenvalue weighted by atomic mass is 9.81. The molecule has 3 unspecified atom stereocenters. The van der Waals surface area contributed by atoms with Crippen LogP contribution in [0.5, 0.6) is 0 Å². The van der Waals surface area contributed by atoms with E-state index in [2.05, 4.69) is 18.7 Å². The summed E-state index contributed by atoms with van der Waals surface area (Å²) in [6.45, 7) is 8.49. The molecule has 1 aliphatic carbocycles. The van der Waals surface area contributed by atoms with Crippen molar-refractivity contribution < 1.29 is 4.74 Å². The molecule has 3 rings (SSSR count).